The number of aryl methyl sites for hydroxylation is 1. The van der Waals surface area contributed by atoms with Crippen molar-refractivity contribution in [1.82, 2.24) is 9.97 Å². The number of para-hydroxylation sites is 1. The van der Waals surface area contributed by atoms with Crippen molar-refractivity contribution < 1.29 is 4.39 Å². The third-order valence-electron chi connectivity index (χ3n) is 2.07. The maximum atomic E-state index is 13.4. The van der Waals surface area contributed by atoms with Crippen LogP contribution in [0, 0.1) is 12.7 Å². The van der Waals surface area contributed by atoms with Crippen molar-refractivity contribution in [2.45, 2.75) is 6.92 Å². The number of nitrogens with one attached hydrogen (secondary N) is 1. The van der Waals surface area contributed by atoms with E-state index in [0.717, 1.165) is 5.56 Å². The standard InChI is InChI=1S/C11H9ClFN3/c1-7-6-14-11(12)16-10(7)15-9-5-3-2-4-8(9)13/h2-6H,1H3,(H,14,15,16). The molecule has 5 heteroatoms. The summed E-state index contributed by atoms with van der Waals surface area (Å²) in [4.78, 5) is 7.81. The molecule has 1 heterocycles. The van der Waals surface area contributed by atoms with Crippen LogP contribution in [0.25, 0.3) is 0 Å². The molecule has 16 heavy (non-hydrogen) atoms. The zero-order valence-electron chi connectivity index (χ0n) is 8.54. The molecular formula is C11H9ClFN3. The van der Waals surface area contributed by atoms with E-state index >= 15 is 0 Å². The Morgan fingerprint density at radius 2 is 2.06 bits per heavy atom. The van der Waals surface area contributed by atoms with Gasteiger partial charge in [-0.25, -0.2) is 14.4 Å². The van der Waals surface area contributed by atoms with Gasteiger partial charge in [-0.3, -0.25) is 0 Å². The van der Waals surface area contributed by atoms with Crippen LogP contribution in [0.3, 0.4) is 0 Å². The van der Waals surface area contributed by atoms with Gasteiger partial charge in [-0.2, -0.15) is 0 Å². The molecule has 0 atom stereocenters. The summed E-state index contributed by atoms with van der Waals surface area (Å²) in [6.07, 6.45) is 1.58. The SMILES string of the molecule is Cc1cnc(Cl)nc1Nc1ccccc1F. The third-order valence-corrected chi connectivity index (χ3v) is 2.25. The van der Waals surface area contributed by atoms with Gasteiger partial charge in [0, 0.05) is 11.8 Å². The Hall–Kier alpha value is -1.68. The normalized spacial score (nSPS) is 10.2. The summed E-state index contributed by atoms with van der Waals surface area (Å²) >= 11 is 5.67. The van der Waals surface area contributed by atoms with Crippen LogP contribution in [0.15, 0.2) is 30.5 Å². The van der Waals surface area contributed by atoms with Crippen molar-refractivity contribution in [3.8, 4) is 0 Å². The van der Waals surface area contributed by atoms with Crippen LogP contribution < -0.4 is 5.32 Å². The first kappa shape index (κ1) is 10.8. The Bertz CT molecular complexity index is 516. The van der Waals surface area contributed by atoms with Crippen molar-refractivity contribution in [3.63, 3.8) is 0 Å². The molecule has 0 saturated heterocycles. The van der Waals surface area contributed by atoms with Crippen LogP contribution in [0.1, 0.15) is 5.56 Å². The lowest BCUT2D eigenvalue weighted by Gasteiger charge is -2.08. The van der Waals surface area contributed by atoms with E-state index in [1.165, 1.54) is 6.07 Å². The Labute approximate surface area is 97.3 Å². The quantitative estimate of drug-likeness (QED) is 0.815. The highest BCUT2D eigenvalue weighted by Gasteiger charge is 2.05. The molecule has 0 unspecified atom stereocenters. The third kappa shape index (κ3) is 2.28. The minimum absolute atomic E-state index is 0.129. The molecule has 2 aromatic rings. The Morgan fingerprint density at radius 1 is 1.31 bits per heavy atom. The van der Waals surface area contributed by atoms with Crippen LogP contribution in [0.5, 0.6) is 0 Å². The van der Waals surface area contributed by atoms with E-state index < -0.39 is 0 Å². The first-order chi connectivity index (χ1) is 7.66. The van der Waals surface area contributed by atoms with Crippen LogP contribution in [-0.2, 0) is 0 Å². The number of hydrogen-bond donors (Lipinski definition) is 1. The summed E-state index contributed by atoms with van der Waals surface area (Å²) in [6.45, 7) is 1.82. The molecule has 1 aromatic heterocycles. The molecule has 0 saturated carbocycles. The summed E-state index contributed by atoms with van der Waals surface area (Å²) in [5.74, 6) is 0.168. The summed E-state index contributed by atoms with van der Waals surface area (Å²) in [5.41, 5.74) is 1.16. The monoisotopic (exact) mass is 237 g/mol. The van der Waals surface area contributed by atoms with Gasteiger partial charge in [0.15, 0.2) is 0 Å². The van der Waals surface area contributed by atoms with Gasteiger partial charge in [-0.1, -0.05) is 12.1 Å². The highest BCUT2D eigenvalue weighted by molar-refractivity contribution is 6.28. The Morgan fingerprint density at radius 3 is 2.81 bits per heavy atom. The lowest BCUT2D eigenvalue weighted by atomic mass is 10.3. The molecule has 0 bridgehead atoms. The number of nitrogens with zero attached hydrogens (tertiary/aromatic N) is 2. The van der Waals surface area contributed by atoms with Crippen molar-refractivity contribution in [2.24, 2.45) is 0 Å². The zero-order chi connectivity index (χ0) is 11.5. The molecule has 0 aliphatic rings. The van der Waals surface area contributed by atoms with Gasteiger partial charge < -0.3 is 5.32 Å². The number of rotatable bonds is 2. The predicted molar refractivity (Wildman–Crippen MR) is 61.5 cm³/mol. The second-order valence-electron chi connectivity index (χ2n) is 3.28. The van der Waals surface area contributed by atoms with E-state index in [9.17, 15) is 4.39 Å². The fraction of sp³-hybridized carbons (Fsp3) is 0.0909. The van der Waals surface area contributed by atoms with Crippen molar-refractivity contribution in [1.29, 1.82) is 0 Å². The summed E-state index contributed by atoms with van der Waals surface area (Å²) in [5, 5.41) is 3.00. The largest absolute Gasteiger partial charge is 0.337 e. The Balaban J connectivity index is 2.34. The Kier molecular flexibility index (Phi) is 3.01. The van der Waals surface area contributed by atoms with Gasteiger partial charge in [0.05, 0.1) is 5.69 Å². The smallest absolute Gasteiger partial charge is 0.224 e. The van der Waals surface area contributed by atoms with E-state index in [4.69, 9.17) is 11.6 Å². The molecule has 2 rings (SSSR count). The molecule has 3 nitrogen and oxygen atoms in total. The minimum atomic E-state index is -0.336. The zero-order valence-corrected chi connectivity index (χ0v) is 9.29. The van der Waals surface area contributed by atoms with E-state index in [-0.39, 0.29) is 11.1 Å². The average Bonchev–Trinajstić information content (AvgIpc) is 2.27. The molecule has 1 N–H and O–H groups in total. The van der Waals surface area contributed by atoms with Gasteiger partial charge in [0.2, 0.25) is 5.28 Å². The lowest BCUT2D eigenvalue weighted by molar-refractivity contribution is 0.632. The molecule has 0 spiro atoms. The first-order valence-electron chi connectivity index (χ1n) is 4.67. The number of anilines is 2. The minimum Gasteiger partial charge on any atom is -0.337 e. The maximum Gasteiger partial charge on any atom is 0.224 e. The van der Waals surface area contributed by atoms with Crippen LogP contribution in [-0.4, -0.2) is 9.97 Å². The fourth-order valence-electron chi connectivity index (χ4n) is 1.24. The summed E-state index contributed by atoms with van der Waals surface area (Å²) in [7, 11) is 0. The highest BCUT2D eigenvalue weighted by Crippen LogP contribution is 2.21. The van der Waals surface area contributed by atoms with E-state index in [2.05, 4.69) is 15.3 Å². The molecule has 82 valence electrons. The molecule has 0 fully saturated rings. The number of aromatic nitrogens is 2. The van der Waals surface area contributed by atoms with E-state index in [0.29, 0.717) is 11.5 Å². The number of hydrogen-bond acceptors (Lipinski definition) is 3. The summed E-state index contributed by atoms with van der Waals surface area (Å²) in [6, 6.07) is 6.37. The molecule has 0 amide bonds. The number of halogens is 2. The van der Waals surface area contributed by atoms with Crippen molar-refractivity contribution in [2.75, 3.05) is 5.32 Å². The van der Waals surface area contributed by atoms with Crippen LogP contribution >= 0.6 is 11.6 Å². The van der Waals surface area contributed by atoms with Gasteiger partial charge in [-0.15, -0.1) is 0 Å². The van der Waals surface area contributed by atoms with Crippen molar-refractivity contribution in [3.05, 3.63) is 47.1 Å². The van der Waals surface area contributed by atoms with Gasteiger partial charge in [-0.05, 0) is 30.7 Å². The highest BCUT2D eigenvalue weighted by atomic mass is 35.5. The number of benzene rings is 1. The topological polar surface area (TPSA) is 37.8 Å². The van der Waals surface area contributed by atoms with Crippen LogP contribution in [0.2, 0.25) is 5.28 Å². The second-order valence-corrected chi connectivity index (χ2v) is 3.61. The lowest BCUT2D eigenvalue weighted by Crippen LogP contribution is -1.99. The molecule has 0 radical (unpaired) electrons. The van der Waals surface area contributed by atoms with Gasteiger partial charge in [0.1, 0.15) is 11.6 Å². The van der Waals surface area contributed by atoms with E-state index in [1.54, 1.807) is 24.4 Å². The van der Waals surface area contributed by atoms with Crippen LogP contribution in [0.4, 0.5) is 15.9 Å². The average molecular weight is 238 g/mol. The van der Waals surface area contributed by atoms with Gasteiger partial charge in [0.25, 0.3) is 0 Å². The predicted octanol–water partition coefficient (Wildman–Crippen LogP) is 3.32. The first-order valence-corrected chi connectivity index (χ1v) is 5.05. The molecule has 1 aromatic carbocycles. The second kappa shape index (κ2) is 4.45. The molecular weight excluding hydrogens is 229 g/mol. The fourth-order valence-corrected chi connectivity index (χ4v) is 1.37. The van der Waals surface area contributed by atoms with Gasteiger partial charge >= 0.3 is 0 Å². The van der Waals surface area contributed by atoms with Crippen molar-refractivity contribution >= 4 is 23.1 Å². The van der Waals surface area contributed by atoms with E-state index in [1.807, 2.05) is 6.92 Å². The summed E-state index contributed by atoms with van der Waals surface area (Å²) < 4.78 is 13.4. The maximum absolute atomic E-state index is 13.4. The molecule has 0 aliphatic carbocycles. The molecule has 0 aliphatic heterocycles.